The van der Waals surface area contributed by atoms with Crippen molar-refractivity contribution in [2.24, 2.45) is 0 Å². The van der Waals surface area contributed by atoms with E-state index in [-0.39, 0.29) is 17.5 Å². The van der Waals surface area contributed by atoms with Crippen LogP contribution in [-0.4, -0.2) is 31.2 Å². The van der Waals surface area contributed by atoms with Gasteiger partial charge >= 0.3 is 11.3 Å². The number of hydrogen-bond donors (Lipinski definition) is 2. The molecule has 25 heavy (non-hydrogen) atoms. The van der Waals surface area contributed by atoms with Gasteiger partial charge in [-0.15, -0.1) is 5.10 Å². The van der Waals surface area contributed by atoms with Crippen molar-refractivity contribution in [2.75, 3.05) is 6.54 Å². The molecule has 1 heterocycles. The lowest BCUT2D eigenvalue weighted by Crippen LogP contribution is -2.35. The van der Waals surface area contributed by atoms with Gasteiger partial charge in [-0.3, -0.25) is 0 Å². The highest BCUT2D eigenvalue weighted by atomic mass is 35.5. The SMILES string of the molecule is CCCNC(=O)NCc1nnc(S(=O)(=O)Cc2ccc(Cl)cc2Cl)o1. The Hall–Kier alpha value is -1.84. The lowest BCUT2D eigenvalue weighted by Gasteiger charge is -2.04. The number of nitrogens with one attached hydrogen (secondary N) is 2. The van der Waals surface area contributed by atoms with E-state index in [1.807, 2.05) is 6.92 Å². The molecule has 8 nitrogen and oxygen atoms in total. The molecule has 0 saturated carbocycles. The first kappa shape index (κ1) is 19.5. The molecule has 0 atom stereocenters. The Balaban J connectivity index is 2.03. The zero-order valence-electron chi connectivity index (χ0n) is 13.3. The van der Waals surface area contributed by atoms with E-state index in [2.05, 4.69) is 20.8 Å². The second kappa shape index (κ2) is 8.50. The molecule has 0 aliphatic rings. The number of rotatable bonds is 7. The highest BCUT2D eigenvalue weighted by Gasteiger charge is 2.24. The summed E-state index contributed by atoms with van der Waals surface area (Å²) in [5.74, 6) is -0.429. The molecular weight excluding hydrogens is 391 g/mol. The van der Waals surface area contributed by atoms with Crippen molar-refractivity contribution in [1.82, 2.24) is 20.8 Å². The quantitative estimate of drug-likeness (QED) is 0.729. The Morgan fingerprint density at radius 2 is 2.00 bits per heavy atom. The van der Waals surface area contributed by atoms with Crippen LogP contribution in [-0.2, 0) is 22.1 Å². The van der Waals surface area contributed by atoms with Gasteiger partial charge in [0.15, 0.2) is 0 Å². The minimum atomic E-state index is -3.88. The molecule has 0 aliphatic heterocycles. The Bertz CT molecular complexity index is 854. The van der Waals surface area contributed by atoms with Crippen LogP contribution >= 0.6 is 23.2 Å². The third kappa shape index (κ3) is 5.58. The molecule has 2 N–H and O–H groups in total. The molecule has 11 heteroatoms. The molecule has 0 bridgehead atoms. The van der Waals surface area contributed by atoms with E-state index >= 15 is 0 Å². The summed E-state index contributed by atoms with van der Waals surface area (Å²) >= 11 is 11.8. The molecule has 2 amide bonds. The van der Waals surface area contributed by atoms with Crippen LogP contribution in [0.1, 0.15) is 24.8 Å². The fraction of sp³-hybridized carbons (Fsp3) is 0.357. The number of hydrogen-bond acceptors (Lipinski definition) is 6. The van der Waals surface area contributed by atoms with E-state index in [0.29, 0.717) is 17.1 Å². The fourth-order valence-electron chi connectivity index (χ4n) is 1.80. The van der Waals surface area contributed by atoms with Crippen LogP contribution in [0.3, 0.4) is 0 Å². The van der Waals surface area contributed by atoms with E-state index in [1.165, 1.54) is 18.2 Å². The van der Waals surface area contributed by atoms with Gasteiger partial charge in [-0.25, -0.2) is 13.2 Å². The molecule has 1 aromatic carbocycles. The van der Waals surface area contributed by atoms with E-state index in [1.54, 1.807) is 0 Å². The summed E-state index contributed by atoms with van der Waals surface area (Å²) < 4.78 is 29.8. The standard InChI is InChI=1S/C14H16Cl2N4O4S/c1-2-5-17-13(21)18-7-12-19-20-14(24-12)25(22,23)8-9-3-4-10(15)6-11(9)16/h3-4,6H,2,5,7-8H2,1H3,(H2,17,18,21). The first-order valence-electron chi connectivity index (χ1n) is 7.32. The predicted molar refractivity (Wildman–Crippen MR) is 92.2 cm³/mol. The average molecular weight is 407 g/mol. The molecule has 0 aliphatic carbocycles. The first-order valence-corrected chi connectivity index (χ1v) is 9.73. The first-order chi connectivity index (χ1) is 11.8. The van der Waals surface area contributed by atoms with Gasteiger partial charge in [-0.1, -0.05) is 41.3 Å². The van der Waals surface area contributed by atoms with Gasteiger partial charge in [-0.2, -0.15) is 0 Å². The molecule has 136 valence electrons. The van der Waals surface area contributed by atoms with Gasteiger partial charge in [0.25, 0.3) is 0 Å². The number of halogens is 2. The summed E-state index contributed by atoms with van der Waals surface area (Å²) in [6.07, 6.45) is 0.795. The molecule has 0 radical (unpaired) electrons. The van der Waals surface area contributed by atoms with Crippen molar-refractivity contribution in [2.45, 2.75) is 30.9 Å². The Kier molecular flexibility index (Phi) is 6.63. The number of urea groups is 1. The topological polar surface area (TPSA) is 114 Å². The summed E-state index contributed by atoms with van der Waals surface area (Å²) in [5, 5.41) is 12.3. The number of carbonyl (C=O) groups is 1. The summed E-state index contributed by atoms with van der Waals surface area (Å²) in [6.45, 7) is 2.36. The Morgan fingerprint density at radius 1 is 1.24 bits per heavy atom. The van der Waals surface area contributed by atoms with Gasteiger partial charge in [0.1, 0.15) is 0 Å². The third-order valence-electron chi connectivity index (χ3n) is 3.01. The zero-order chi connectivity index (χ0) is 18.4. The van der Waals surface area contributed by atoms with Gasteiger partial charge in [0.2, 0.25) is 15.7 Å². The van der Waals surface area contributed by atoms with Crippen molar-refractivity contribution in [3.63, 3.8) is 0 Å². The van der Waals surface area contributed by atoms with Gasteiger partial charge in [-0.05, 0) is 24.1 Å². The molecule has 0 saturated heterocycles. The molecule has 2 aromatic rings. The van der Waals surface area contributed by atoms with Gasteiger partial charge in [0, 0.05) is 16.6 Å². The lowest BCUT2D eigenvalue weighted by atomic mass is 10.2. The average Bonchev–Trinajstić information content (AvgIpc) is 3.03. The van der Waals surface area contributed by atoms with Crippen molar-refractivity contribution < 1.29 is 17.6 Å². The van der Waals surface area contributed by atoms with Crippen molar-refractivity contribution >= 4 is 39.1 Å². The number of nitrogens with zero attached hydrogens (tertiary/aromatic N) is 2. The lowest BCUT2D eigenvalue weighted by molar-refractivity contribution is 0.239. The summed E-state index contributed by atoms with van der Waals surface area (Å²) in [4.78, 5) is 11.4. The van der Waals surface area contributed by atoms with E-state index in [9.17, 15) is 13.2 Å². The van der Waals surface area contributed by atoms with Crippen LogP contribution < -0.4 is 10.6 Å². The van der Waals surface area contributed by atoms with Crippen LogP contribution in [0.2, 0.25) is 10.0 Å². The van der Waals surface area contributed by atoms with Crippen molar-refractivity contribution in [3.05, 3.63) is 39.7 Å². The van der Waals surface area contributed by atoms with Crippen LogP contribution in [0.4, 0.5) is 4.79 Å². The number of aromatic nitrogens is 2. The Labute approximate surface area is 154 Å². The molecule has 2 rings (SSSR count). The largest absolute Gasteiger partial charge is 0.411 e. The van der Waals surface area contributed by atoms with Crippen LogP contribution in [0.5, 0.6) is 0 Å². The maximum Gasteiger partial charge on any atom is 0.335 e. The molecule has 0 spiro atoms. The normalized spacial score (nSPS) is 11.3. The van der Waals surface area contributed by atoms with Crippen LogP contribution in [0.15, 0.2) is 27.8 Å². The van der Waals surface area contributed by atoms with Crippen molar-refractivity contribution in [1.29, 1.82) is 0 Å². The van der Waals surface area contributed by atoms with Crippen molar-refractivity contribution in [3.8, 4) is 0 Å². The van der Waals surface area contributed by atoms with E-state index < -0.39 is 26.8 Å². The number of carbonyl (C=O) groups excluding carboxylic acids is 1. The second-order valence-electron chi connectivity index (χ2n) is 5.07. The van der Waals surface area contributed by atoms with Gasteiger partial charge < -0.3 is 15.1 Å². The number of amides is 2. The molecule has 0 fully saturated rings. The van der Waals surface area contributed by atoms with E-state index in [0.717, 1.165) is 6.42 Å². The Morgan fingerprint density at radius 3 is 2.68 bits per heavy atom. The fourth-order valence-corrected chi connectivity index (χ4v) is 3.53. The minimum Gasteiger partial charge on any atom is -0.411 e. The predicted octanol–water partition coefficient (Wildman–Crippen LogP) is 2.56. The molecule has 1 aromatic heterocycles. The monoisotopic (exact) mass is 406 g/mol. The third-order valence-corrected chi connectivity index (χ3v) is 4.99. The van der Waals surface area contributed by atoms with Crippen LogP contribution in [0.25, 0.3) is 0 Å². The second-order valence-corrected chi connectivity index (χ2v) is 7.78. The zero-order valence-corrected chi connectivity index (χ0v) is 15.6. The number of benzene rings is 1. The van der Waals surface area contributed by atoms with Gasteiger partial charge in [0.05, 0.1) is 12.3 Å². The summed E-state index contributed by atoms with van der Waals surface area (Å²) in [5.41, 5.74) is 0.364. The number of sulfone groups is 1. The summed E-state index contributed by atoms with van der Waals surface area (Å²) in [6, 6.07) is 4.10. The highest BCUT2D eigenvalue weighted by Crippen LogP contribution is 2.24. The molecule has 0 unspecified atom stereocenters. The highest BCUT2D eigenvalue weighted by molar-refractivity contribution is 7.90. The van der Waals surface area contributed by atoms with E-state index in [4.69, 9.17) is 27.6 Å². The minimum absolute atomic E-state index is 0.0209. The van der Waals surface area contributed by atoms with Crippen LogP contribution in [0, 0.1) is 0 Å². The smallest absolute Gasteiger partial charge is 0.335 e. The maximum absolute atomic E-state index is 12.3. The molecular formula is C14H16Cl2N4O4S. The summed E-state index contributed by atoms with van der Waals surface area (Å²) in [7, 11) is -3.88. The maximum atomic E-state index is 12.3.